The molecule has 3 nitrogen and oxygen atoms in total. The van der Waals surface area contributed by atoms with Crippen LogP contribution in [-0.2, 0) is 0 Å². The summed E-state index contributed by atoms with van der Waals surface area (Å²) < 4.78 is 9.49. The van der Waals surface area contributed by atoms with Gasteiger partial charge < -0.3 is 13.9 Å². The maximum absolute atomic E-state index is 7.11. The van der Waals surface area contributed by atoms with E-state index in [1.807, 2.05) is 0 Å². The van der Waals surface area contributed by atoms with Crippen molar-refractivity contribution >= 4 is 93.1 Å². The molecule has 0 radical (unpaired) electrons. The fourth-order valence-corrected chi connectivity index (χ4v) is 11.0. The Labute approximate surface area is 399 Å². The average molecular weight is 879 g/mol. The van der Waals surface area contributed by atoms with E-state index in [9.17, 15) is 0 Å². The van der Waals surface area contributed by atoms with Crippen LogP contribution < -0.4 is 4.90 Å². The van der Waals surface area contributed by atoms with Crippen molar-refractivity contribution in [2.75, 3.05) is 4.90 Å². The van der Waals surface area contributed by atoms with Crippen LogP contribution in [0.5, 0.6) is 0 Å². The van der Waals surface area contributed by atoms with E-state index in [2.05, 4.69) is 264 Å². The van der Waals surface area contributed by atoms with Crippen molar-refractivity contribution in [3.63, 3.8) is 0 Å². The molecule has 0 unspecified atom stereocenters. The Hall–Kier alpha value is -9.18. The molecule has 0 saturated carbocycles. The highest BCUT2D eigenvalue weighted by Gasteiger charge is 2.24. The van der Waals surface area contributed by atoms with Crippen LogP contribution in [0.1, 0.15) is 0 Å². The van der Waals surface area contributed by atoms with Crippen LogP contribution in [0.3, 0.4) is 0 Å². The number of nitrogens with zero attached hydrogens (tertiary/aromatic N) is 2. The Balaban J connectivity index is 0.973. The molecule has 14 rings (SSSR count). The third-order valence-corrected chi connectivity index (χ3v) is 14.2. The lowest BCUT2D eigenvalue weighted by atomic mass is 9.91. The molecule has 2 aromatic heterocycles. The van der Waals surface area contributed by atoms with Gasteiger partial charge in [0.05, 0.1) is 22.4 Å². The molecule has 322 valence electrons. The highest BCUT2D eigenvalue weighted by atomic mass is 16.3. The fraction of sp³-hybridized carbons (Fsp3) is 0. The largest absolute Gasteiger partial charge is 0.453 e. The maximum atomic E-state index is 7.11. The Bertz CT molecular complexity index is 4260. The number of hydrogen-bond acceptors (Lipinski definition) is 2. The number of furan rings is 1. The van der Waals surface area contributed by atoms with Crippen molar-refractivity contribution in [3.05, 3.63) is 255 Å². The first-order valence-corrected chi connectivity index (χ1v) is 23.7. The second-order valence-corrected chi connectivity index (χ2v) is 18.0. The van der Waals surface area contributed by atoms with E-state index in [1.165, 1.54) is 48.9 Å². The quantitative estimate of drug-likeness (QED) is 0.149. The van der Waals surface area contributed by atoms with Gasteiger partial charge >= 0.3 is 0 Å². The first kappa shape index (κ1) is 39.0. The minimum Gasteiger partial charge on any atom is -0.453 e. The van der Waals surface area contributed by atoms with E-state index >= 15 is 0 Å². The number of hydrogen-bond donors (Lipinski definition) is 0. The number of anilines is 3. The normalized spacial score (nSPS) is 11.8. The molecule has 12 aromatic carbocycles. The Kier molecular flexibility index (Phi) is 8.90. The molecule has 0 amide bonds. The molecule has 2 heterocycles. The summed E-state index contributed by atoms with van der Waals surface area (Å²) in [5.74, 6) is 0. The number of fused-ring (bicyclic) bond motifs is 11. The first-order chi connectivity index (χ1) is 34.2. The van der Waals surface area contributed by atoms with Crippen LogP contribution >= 0.6 is 0 Å². The molecule has 0 saturated heterocycles. The minimum absolute atomic E-state index is 0.843. The predicted octanol–water partition coefficient (Wildman–Crippen LogP) is 18.6. The van der Waals surface area contributed by atoms with Crippen LogP contribution in [0.15, 0.2) is 259 Å². The maximum Gasteiger partial charge on any atom is 0.159 e. The van der Waals surface area contributed by atoms with E-state index in [0.29, 0.717) is 0 Å². The molecule has 3 heteroatoms. The van der Waals surface area contributed by atoms with Crippen molar-refractivity contribution in [1.82, 2.24) is 4.57 Å². The van der Waals surface area contributed by atoms with Crippen LogP contribution in [0.25, 0.3) is 115 Å². The van der Waals surface area contributed by atoms with Gasteiger partial charge in [0.1, 0.15) is 5.58 Å². The van der Waals surface area contributed by atoms with Crippen molar-refractivity contribution in [3.8, 4) is 39.1 Å². The summed E-state index contributed by atoms with van der Waals surface area (Å²) in [6.07, 6.45) is 0. The van der Waals surface area contributed by atoms with Crippen LogP contribution in [0, 0.1) is 0 Å². The van der Waals surface area contributed by atoms with Crippen molar-refractivity contribution in [1.29, 1.82) is 0 Å². The van der Waals surface area contributed by atoms with Crippen LogP contribution in [-0.4, -0.2) is 4.57 Å². The first-order valence-electron chi connectivity index (χ1n) is 23.7. The monoisotopic (exact) mass is 878 g/mol. The summed E-state index contributed by atoms with van der Waals surface area (Å²) in [5, 5.41) is 11.9. The lowest BCUT2D eigenvalue weighted by Gasteiger charge is -2.28. The zero-order valence-electron chi connectivity index (χ0n) is 37.6. The van der Waals surface area contributed by atoms with Gasteiger partial charge in [-0.05, 0) is 121 Å². The molecule has 0 atom stereocenters. The Morgan fingerprint density at radius 1 is 0.290 bits per heavy atom. The van der Waals surface area contributed by atoms with Gasteiger partial charge in [0, 0.05) is 43.9 Å². The smallest absolute Gasteiger partial charge is 0.159 e. The SMILES string of the molecule is c1ccc(-c2cc(-c3cc4ccccc4c4ccccc34)ccc2N(c2ccc(-c3cccc(-n4c5ccccc5c5ccccc54)c3)cc2)c2cccc3c2oc2c4ccccc4ccc32)cc1. The lowest BCUT2D eigenvalue weighted by molar-refractivity contribution is 0.673. The number of aromatic nitrogens is 1. The molecule has 0 bridgehead atoms. The lowest BCUT2D eigenvalue weighted by Crippen LogP contribution is -2.11. The zero-order valence-corrected chi connectivity index (χ0v) is 37.6. The van der Waals surface area contributed by atoms with Gasteiger partial charge in [-0.15, -0.1) is 0 Å². The van der Waals surface area contributed by atoms with Gasteiger partial charge in [-0.1, -0.05) is 188 Å². The highest BCUT2D eigenvalue weighted by Crippen LogP contribution is 2.48. The fourth-order valence-electron chi connectivity index (χ4n) is 11.0. The molecule has 69 heavy (non-hydrogen) atoms. The van der Waals surface area contributed by atoms with Gasteiger partial charge in [-0.3, -0.25) is 0 Å². The van der Waals surface area contributed by atoms with Crippen LogP contribution in [0.2, 0.25) is 0 Å². The molecule has 0 aliphatic carbocycles. The van der Waals surface area contributed by atoms with Crippen molar-refractivity contribution < 1.29 is 4.42 Å². The van der Waals surface area contributed by atoms with E-state index in [0.717, 1.165) is 83.3 Å². The Morgan fingerprint density at radius 3 is 1.67 bits per heavy atom. The molecule has 0 aliphatic heterocycles. The number of para-hydroxylation sites is 3. The third-order valence-electron chi connectivity index (χ3n) is 14.2. The summed E-state index contributed by atoms with van der Waals surface area (Å²) in [4.78, 5) is 2.40. The molecule has 0 aliphatic rings. The highest BCUT2D eigenvalue weighted by molar-refractivity contribution is 6.18. The molecule has 0 fully saturated rings. The zero-order chi connectivity index (χ0) is 45.4. The third kappa shape index (κ3) is 6.29. The second kappa shape index (κ2) is 15.7. The summed E-state index contributed by atoms with van der Waals surface area (Å²) >= 11 is 0. The second-order valence-electron chi connectivity index (χ2n) is 18.0. The average Bonchev–Trinajstić information content (AvgIpc) is 3.98. The topological polar surface area (TPSA) is 21.3 Å². The van der Waals surface area contributed by atoms with E-state index < -0.39 is 0 Å². The summed E-state index contributed by atoms with van der Waals surface area (Å²) in [6, 6.07) is 92.5. The van der Waals surface area contributed by atoms with Gasteiger partial charge in [0.15, 0.2) is 5.58 Å². The standard InChI is InChI=1S/C66H42N2O/c1-2-16-44(17-3-1)60-42-48(59-41-47-19-5-6-22-51(47)53-24-8-9-25-54(53)59)35-39-63(60)67(64-31-15-28-57-58-38-34-45-18-4-7-23-52(45)65(58)69-66(57)64)49-36-32-43(33-37-49)46-20-14-21-50(40-46)68-61-29-12-10-26-55(61)56-27-11-13-30-62(56)68/h1-42H. The van der Waals surface area contributed by atoms with Crippen molar-refractivity contribution in [2.45, 2.75) is 0 Å². The Morgan fingerprint density at radius 2 is 0.884 bits per heavy atom. The van der Waals surface area contributed by atoms with Gasteiger partial charge in [0.2, 0.25) is 0 Å². The van der Waals surface area contributed by atoms with E-state index in [-0.39, 0.29) is 0 Å². The molecular formula is C66H42N2O. The van der Waals surface area contributed by atoms with Crippen molar-refractivity contribution in [2.24, 2.45) is 0 Å². The molecule has 0 N–H and O–H groups in total. The summed E-state index contributed by atoms with van der Waals surface area (Å²) in [6.45, 7) is 0. The van der Waals surface area contributed by atoms with Gasteiger partial charge in [0.25, 0.3) is 0 Å². The van der Waals surface area contributed by atoms with Gasteiger partial charge in [-0.2, -0.15) is 0 Å². The minimum atomic E-state index is 0.843. The number of rotatable bonds is 7. The van der Waals surface area contributed by atoms with E-state index in [4.69, 9.17) is 4.42 Å². The van der Waals surface area contributed by atoms with Gasteiger partial charge in [-0.25, -0.2) is 0 Å². The molecular weight excluding hydrogens is 837 g/mol. The summed E-state index contributed by atoms with van der Waals surface area (Å²) in [7, 11) is 0. The number of benzene rings is 12. The molecule has 14 aromatic rings. The summed E-state index contributed by atoms with van der Waals surface area (Å²) in [5.41, 5.74) is 15.2. The predicted molar refractivity (Wildman–Crippen MR) is 292 cm³/mol. The van der Waals surface area contributed by atoms with Crippen LogP contribution in [0.4, 0.5) is 17.1 Å². The van der Waals surface area contributed by atoms with E-state index in [1.54, 1.807) is 0 Å². The molecule has 0 spiro atoms.